The number of nitrogens with one attached hydrogen (secondary N) is 1. The number of nitrogens with zero attached hydrogens (tertiary/aromatic N) is 1. The fourth-order valence-electron chi connectivity index (χ4n) is 3.08. The highest BCUT2D eigenvalue weighted by molar-refractivity contribution is 9.10. The molecule has 0 heterocycles. The van der Waals surface area contributed by atoms with Crippen molar-refractivity contribution in [1.82, 2.24) is 9.62 Å². The standard InChI is InChI=1S/C23H21Br2ClN2O3S/c1-16(18-3-2-4-20(25)13-18)27-23(29)15-28(14-17-5-9-21(26)10-6-17)32(30,31)22-11-7-19(24)8-12-22/h2-13,16H,14-15H2,1H3,(H,27,29)/t16-/m1/s1. The first kappa shape index (κ1) is 24.9. The van der Waals surface area contributed by atoms with Crippen LogP contribution in [0.15, 0.2) is 86.6 Å². The number of carbonyl (C=O) groups excluding carboxylic acids is 1. The van der Waals surface area contributed by atoms with E-state index in [0.29, 0.717) is 5.02 Å². The highest BCUT2D eigenvalue weighted by Gasteiger charge is 2.27. The number of sulfonamides is 1. The highest BCUT2D eigenvalue weighted by Crippen LogP contribution is 2.22. The predicted octanol–water partition coefficient (Wildman–Crippen LogP) is 5.93. The van der Waals surface area contributed by atoms with Gasteiger partial charge in [-0.15, -0.1) is 0 Å². The number of amides is 1. The van der Waals surface area contributed by atoms with Gasteiger partial charge >= 0.3 is 0 Å². The van der Waals surface area contributed by atoms with E-state index in [2.05, 4.69) is 37.2 Å². The largest absolute Gasteiger partial charge is 0.348 e. The Labute approximate surface area is 210 Å². The molecule has 0 aliphatic rings. The molecule has 1 amide bonds. The summed E-state index contributed by atoms with van der Waals surface area (Å²) in [6.45, 7) is 1.57. The van der Waals surface area contributed by atoms with Crippen molar-refractivity contribution >= 4 is 59.4 Å². The summed E-state index contributed by atoms with van der Waals surface area (Å²) in [5.41, 5.74) is 1.63. The van der Waals surface area contributed by atoms with Gasteiger partial charge in [0.2, 0.25) is 15.9 Å². The molecule has 0 aromatic heterocycles. The van der Waals surface area contributed by atoms with Crippen LogP contribution in [0.4, 0.5) is 0 Å². The summed E-state index contributed by atoms with van der Waals surface area (Å²) in [6.07, 6.45) is 0. The number of halogens is 3. The molecular formula is C23H21Br2ClN2O3S. The van der Waals surface area contributed by atoms with E-state index < -0.39 is 15.9 Å². The maximum atomic E-state index is 13.3. The molecule has 5 nitrogen and oxygen atoms in total. The quantitative estimate of drug-likeness (QED) is 0.349. The topological polar surface area (TPSA) is 66.5 Å². The van der Waals surface area contributed by atoms with Crippen LogP contribution in [0.1, 0.15) is 24.1 Å². The van der Waals surface area contributed by atoms with E-state index in [1.54, 1.807) is 36.4 Å². The second kappa shape index (κ2) is 10.9. The van der Waals surface area contributed by atoms with E-state index in [4.69, 9.17) is 11.6 Å². The number of carbonyl (C=O) groups is 1. The average Bonchev–Trinajstić information content (AvgIpc) is 2.75. The van der Waals surface area contributed by atoms with Gasteiger partial charge in [0.05, 0.1) is 17.5 Å². The zero-order chi connectivity index (χ0) is 23.3. The van der Waals surface area contributed by atoms with Crippen LogP contribution in [-0.2, 0) is 21.4 Å². The molecule has 0 saturated heterocycles. The third kappa shape index (κ3) is 6.65. The van der Waals surface area contributed by atoms with Gasteiger partial charge in [-0.3, -0.25) is 4.79 Å². The monoisotopic (exact) mass is 598 g/mol. The van der Waals surface area contributed by atoms with Crippen molar-refractivity contribution in [3.05, 3.63) is 97.9 Å². The van der Waals surface area contributed by atoms with Gasteiger partial charge in [-0.25, -0.2) is 8.42 Å². The van der Waals surface area contributed by atoms with Gasteiger partial charge in [0.25, 0.3) is 0 Å². The Morgan fingerprint density at radius 3 is 2.28 bits per heavy atom. The van der Waals surface area contributed by atoms with Crippen molar-refractivity contribution in [2.45, 2.75) is 24.4 Å². The Kier molecular flexibility index (Phi) is 8.52. The first-order valence-electron chi connectivity index (χ1n) is 9.70. The third-order valence-corrected chi connectivity index (χ3v) is 7.85. The minimum atomic E-state index is -3.92. The fraction of sp³-hybridized carbons (Fsp3) is 0.174. The van der Waals surface area contributed by atoms with E-state index in [1.807, 2.05) is 31.2 Å². The highest BCUT2D eigenvalue weighted by atomic mass is 79.9. The van der Waals surface area contributed by atoms with Crippen LogP contribution >= 0.6 is 43.5 Å². The van der Waals surface area contributed by atoms with Gasteiger partial charge in [-0.2, -0.15) is 4.31 Å². The molecule has 32 heavy (non-hydrogen) atoms. The lowest BCUT2D eigenvalue weighted by atomic mass is 10.1. The summed E-state index contributed by atoms with van der Waals surface area (Å²) in [7, 11) is -3.92. The lowest BCUT2D eigenvalue weighted by molar-refractivity contribution is -0.122. The zero-order valence-electron chi connectivity index (χ0n) is 17.1. The predicted molar refractivity (Wildman–Crippen MR) is 134 cm³/mol. The summed E-state index contributed by atoms with van der Waals surface area (Å²) in [6, 6.07) is 20.5. The molecule has 0 radical (unpaired) electrons. The van der Waals surface area contributed by atoms with Crippen molar-refractivity contribution in [2.75, 3.05) is 6.54 Å². The number of rotatable bonds is 8. The van der Waals surface area contributed by atoms with Crippen molar-refractivity contribution in [2.24, 2.45) is 0 Å². The van der Waals surface area contributed by atoms with Gasteiger partial charge in [-0.05, 0) is 66.6 Å². The molecule has 0 aliphatic carbocycles. The third-order valence-electron chi connectivity index (χ3n) is 4.77. The molecular weight excluding hydrogens is 580 g/mol. The van der Waals surface area contributed by atoms with Crippen molar-refractivity contribution in [3.63, 3.8) is 0 Å². The van der Waals surface area contributed by atoms with Gasteiger partial charge in [-0.1, -0.05) is 67.7 Å². The summed E-state index contributed by atoms with van der Waals surface area (Å²) in [5.74, 6) is -0.396. The van der Waals surface area contributed by atoms with Crippen LogP contribution < -0.4 is 5.32 Å². The molecule has 0 unspecified atom stereocenters. The molecule has 0 saturated carbocycles. The van der Waals surface area contributed by atoms with Crippen LogP contribution in [0.2, 0.25) is 5.02 Å². The second-order valence-electron chi connectivity index (χ2n) is 7.20. The molecule has 0 bridgehead atoms. The summed E-state index contributed by atoms with van der Waals surface area (Å²) < 4.78 is 29.5. The summed E-state index contributed by atoms with van der Waals surface area (Å²) >= 11 is 12.7. The van der Waals surface area contributed by atoms with Gasteiger partial charge in [0, 0.05) is 20.5 Å². The van der Waals surface area contributed by atoms with Crippen molar-refractivity contribution in [3.8, 4) is 0 Å². The van der Waals surface area contributed by atoms with Crippen LogP contribution in [0.25, 0.3) is 0 Å². The van der Waals surface area contributed by atoms with E-state index in [1.165, 1.54) is 16.4 Å². The Morgan fingerprint density at radius 1 is 1.00 bits per heavy atom. The molecule has 1 atom stereocenters. The molecule has 3 aromatic carbocycles. The maximum absolute atomic E-state index is 13.3. The second-order valence-corrected chi connectivity index (χ2v) is 11.4. The fourth-order valence-corrected chi connectivity index (χ4v) is 5.27. The molecule has 9 heteroatoms. The van der Waals surface area contributed by atoms with Crippen LogP contribution in [0, 0.1) is 0 Å². The maximum Gasteiger partial charge on any atom is 0.243 e. The normalized spacial score (nSPS) is 12.5. The molecule has 1 N–H and O–H groups in total. The summed E-state index contributed by atoms with van der Waals surface area (Å²) in [5, 5.41) is 3.44. The molecule has 3 aromatic rings. The van der Waals surface area contributed by atoms with E-state index in [0.717, 1.165) is 20.1 Å². The molecule has 3 rings (SSSR count). The van der Waals surface area contributed by atoms with Gasteiger partial charge in [0.1, 0.15) is 0 Å². The average molecular weight is 601 g/mol. The Balaban J connectivity index is 1.83. The minimum Gasteiger partial charge on any atom is -0.348 e. The lowest BCUT2D eigenvalue weighted by Crippen LogP contribution is -2.41. The van der Waals surface area contributed by atoms with Gasteiger partial charge < -0.3 is 5.32 Å². The lowest BCUT2D eigenvalue weighted by Gasteiger charge is -2.23. The molecule has 0 spiro atoms. The van der Waals surface area contributed by atoms with Crippen molar-refractivity contribution in [1.29, 1.82) is 0 Å². The molecule has 0 aliphatic heterocycles. The smallest absolute Gasteiger partial charge is 0.243 e. The first-order chi connectivity index (χ1) is 15.1. The SMILES string of the molecule is C[C@@H](NC(=O)CN(Cc1ccc(Cl)cc1)S(=O)(=O)c1ccc(Br)cc1)c1cccc(Br)c1. The number of benzene rings is 3. The van der Waals surface area contributed by atoms with E-state index >= 15 is 0 Å². The molecule has 168 valence electrons. The number of hydrogen-bond donors (Lipinski definition) is 1. The Morgan fingerprint density at radius 2 is 1.66 bits per heavy atom. The van der Waals surface area contributed by atoms with E-state index in [-0.39, 0.29) is 24.0 Å². The van der Waals surface area contributed by atoms with Crippen LogP contribution in [0.5, 0.6) is 0 Å². The zero-order valence-corrected chi connectivity index (χ0v) is 21.9. The van der Waals surface area contributed by atoms with Crippen LogP contribution in [-0.4, -0.2) is 25.2 Å². The van der Waals surface area contributed by atoms with Crippen LogP contribution in [0.3, 0.4) is 0 Å². The van der Waals surface area contributed by atoms with Gasteiger partial charge in [0.15, 0.2) is 0 Å². The summed E-state index contributed by atoms with van der Waals surface area (Å²) in [4.78, 5) is 13.0. The number of hydrogen-bond acceptors (Lipinski definition) is 3. The first-order valence-corrected chi connectivity index (χ1v) is 13.1. The minimum absolute atomic E-state index is 0.0360. The Hall–Kier alpha value is -1.71. The molecule has 0 fully saturated rings. The Bertz CT molecular complexity index is 1190. The van der Waals surface area contributed by atoms with E-state index in [9.17, 15) is 13.2 Å². The van der Waals surface area contributed by atoms with Crippen molar-refractivity contribution < 1.29 is 13.2 Å².